The fraction of sp³-hybridized carbons (Fsp3) is 0.375. The highest BCUT2D eigenvalue weighted by molar-refractivity contribution is 5.86. The molecule has 0 spiro atoms. The third-order valence-corrected chi connectivity index (χ3v) is 1.82. The van der Waals surface area contributed by atoms with Gasteiger partial charge in [-0.1, -0.05) is 12.2 Å². The van der Waals surface area contributed by atoms with Crippen molar-refractivity contribution >= 4 is 5.97 Å². The van der Waals surface area contributed by atoms with Crippen LogP contribution in [0.1, 0.15) is 12.8 Å². The van der Waals surface area contributed by atoms with E-state index in [1.807, 2.05) is 6.08 Å². The first-order valence-electron chi connectivity index (χ1n) is 3.45. The molecule has 0 aromatic heterocycles. The van der Waals surface area contributed by atoms with Crippen LogP contribution in [0.3, 0.4) is 0 Å². The first kappa shape index (κ1) is 5.71. The van der Waals surface area contributed by atoms with E-state index in [0.717, 1.165) is 18.4 Å². The van der Waals surface area contributed by atoms with Crippen LogP contribution in [0.2, 0.25) is 0 Å². The maximum absolute atomic E-state index is 10.7. The van der Waals surface area contributed by atoms with Crippen molar-refractivity contribution in [3.8, 4) is 0 Å². The van der Waals surface area contributed by atoms with Gasteiger partial charge in [-0.25, -0.2) is 4.79 Å². The molecular formula is C8H8O2. The average molecular weight is 136 g/mol. The van der Waals surface area contributed by atoms with Crippen LogP contribution in [0.5, 0.6) is 0 Å². The van der Waals surface area contributed by atoms with Gasteiger partial charge in [0.05, 0.1) is 0 Å². The normalized spacial score (nSPS) is 29.4. The Balaban J connectivity index is 2.30. The minimum atomic E-state index is -0.188. The maximum atomic E-state index is 10.7. The number of carbonyl (C=O) groups is 1. The van der Waals surface area contributed by atoms with Crippen LogP contribution in [-0.2, 0) is 9.53 Å². The molecule has 10 heavy (non-hydrogen) atoms. The standard InChI is InChI=1S/C8H8O2/c9-8-5-6-3-1-2-4-7(6)10-8/h1,3,5,7H,2,4H2. The Morgan fingerprint density at radius 1 is 1.60 bits per heavy atom. The van der Waals surface area contributed by atoms with Gasteiger partial charge in [-0.05, 0) is 18.4 Å². The molecule has 0 bridgehead atoms. The number of carbonyl (C=O) groups excluding carboxylic acids is 1. The molecular weight excluding hydrogens is 128 g/mol. The monoisotopic (exact) mass is 136 g/mol. The van der Waals surface area contributed by atoms with Crippen LogP contribution >= 0.6 is 0 Å². The topological polar surface area (TPSA) is 26.3 Å². The molecule has 0 radical (unpaired) electrons. The van der Waals surface area contributed by atoms with Crippen LogP contribution in [-0.4, -0.2) is 12.1 Å². The molecule has 1 aliphatic heterocycles. The van der Waals surface area contributed by atoms with Gasteiger partial charge >= 0.3 is 5.97 Å². The Kier molecular flexibility index (Phi) is 1.13. The van der Waals surface area contributed by atoms with Gasteiger partial charge in [-0.3, -0.25) is 0 Å². The summed E-state index contributed by atoms with van der Waals surface area (Å²) in [6.45, 7) is 0. The Morgan fingerprint density at radius 3 is 3.30 bits per heavy atom. The van der Waals surface area contributed by atoms with E-state index >= 15 is 0 Å². The quantitative estimate of drug-likeness (QED) is 0.467. The molecule has 2 heteroatoms. The summed E-state index contributed by atoms with van der Waals surface area (Å²) < 4.78 is 4.98. The summed E-state index contributed by atoms with van der Waals surface area (Å²) in [6, 6.07) is 0. The van der Waals surface area contributed by atoms with Gasteiger partial charge in [-0.15, -0.1) is 0 Å². The Hall–Kier alpha value is -1.05. The van der Waals surface area contributed by atoms with Gasteiger partial charge in [-0.2, -0.15) is 0 Å². The molecule has 2 aliphatic rings. The number of ether oxygens (including phenoxy) is 1. The third kappa shape index (κ3) is 0.764. The number of esters is 1. The minimum Gasteiger partial charge on any atom is -0.454 e. The second-order valence-electron chi connectivity index (χ2n) is 2.55. The first-order valence-corrected chi connectivity index (χ1v) is 3.45. The smallest absolute Gasteiger partial charge is 0.331 e. The van der Waals surface area contributed by atoms with Gasteiger partial charge in [0.2, 0.25) is 0 Å². The average Bonchev–Trinajstić information content (AvgIpc) is 2.27. The molecule has 0 saturated carbocycles. The zero-order chi connectivity index (χ0) is 6.97. The molecule has 2 rings (SSSR count). The molecule has 0 fully saturated rings. The lowest BCUT2D eigenvalue weighted by molar-refractivity contribution is -0.138. The summed E-state index contributed by atoms with van der Waals surface area (Å²) in [6.07, 6.45) is 7.66. The molecule has 0 saturated heterocycles. The second kappa shape index (κ2) is 1.97. The van der Waals surface area contributed by atoms with Crippen molar-refractivity contribution in [3.63, 3.8) is 0 Å². The summed E-state index contributed by atoms with van der Waals surface area (Å²) in [7, 11) is 0. The lowest BCUT2D eigenvalue weighted by atomic mass is 10.0. The summed E-state index contributed by atoms with van der Waals surface area (Å²) >= 11 is 0. The van der Waals surface area contributed by atoms with Gasteiger partial charge in [0, 0.05) is 6.08 Å². The Morgan fingerprint density at radius 2 is 2.50 bits per heavy atom. The predicted octanol–water partition coefficient (Wildman–Crippen LogP) is 1.19. The molecule has 1 atom stereocenters. The van der Waals surface area contributed by atoms with Gasteiger partial charge < -0.3 is 4.74 Å². The molecule has 0 aromatic carbocycles. The van der Waals surface area contributed by atoms with Crippen LogP contribution < -0.4 is 0 Å². The van der Waals surface area contributed by atoms with Crippen molar-refractivity contribution in [3.05, 3.63) is 23.8 Å². The van der Waals surface area contributed by atoms with Crippen LogP contribution in [0.15, 0.2) is 23.8 Å². The van der Waals surface area contributed by atoms with Crippen LogP contribution in [0, 0.1) is 0 Å². The van der Waals surface area contributed by atoms with E-state index in [0.29, 0.717) is 0 Å². The van der Waals surface area contributed by atoms with Gasteiger partial charge in [0.25, 0.3) is 0 Å². The lowest BCUT2D eigenvalue weighted by Crippen LogP contribution is -2.12. The van der Waals surface area contributed by atoms with E-state index < -0.39 is 0 Å². The van der Waals surface area contributed by atoms with E-state index in [-0.39, 0.29) is 12.1 Å². The molecule has 1 unspecified atom stereocenters. The SMILES string of the molecule is O=C1C=C2C=CCCC2O1. The fourth-order valence-corrected chi connectivity index (χ4v) is 1.32. The van der Waals surface area contributed by atoms with E-state index in [9.17, 15) is 4.79 Å². The van der Waals surface area contributed by atoms with Crippen molar-refractivity contribution in [2.75, 3.05) is 0 Å². The number of allylic oxidation sites excluding steroid dienone is 1. The van der Waals surface area contributed by atoms with E-state index in [2.05, 4.69) is 6.08 Å². The highest BCUT2D eigenvalue weighted by Gasteiger charge is 2.25. The number of rotatable bonds is 0. The third-order valence-electron chi connectivity index (χ3n) is 1.82. The van der Waals surface area contributed by atoms with E-state index in [1.165, 1.54) is 0 Å². The second-order valence-corrected chi connectivity index (χ2v) is 2.55. The van der Waals surface area contributed by atoms with Crippen molar-refractivity contribution < 1.29 is 9.53 Å². The van der Waals surface area contributed by atoms with E-state index in [4.69, 9.17) is 4.74 Å². The zero-order valence-corrected chi connectivity index (χ0v) is 5.54. The fourth-order valence-electron chi connectivity index (χ4n) is 1.32. The zero-order valence-electron chi connectivity index (χ0n) is 5.54. The molecule has 1 aliphatic carbocycles. The summed E-state index contributed by atoms with van der Waals surface area (Å²) in [5, 5.41) is 0. The molecule has 0 N–H and O–H groups in total. The van der Waals surface area contributed by atoms with Crippen LogP contribution in [0.25, 0.3) is 0 Å². The first-order chi connectivity index (χ1) is 4.86. The van der Waals surface area contributed by atoms with Crippen molar-refractivity contribution in [1.29, 1.82) is 0 Å². The van der Waals surface area contributed by atoms with Crippen molar-refractivity contribution in [2.24, 2.45) is 0 Å². The van der Waals surface area contributed by atoms with Crippen molar-refractivity contribution in [2.45, 2.75) is 18.9 Å². The largest absolute Gasteiger partial charge is 0.454 e. The molecule has 2 nitrogen and oxygen atoms in total. The molecule has 0 amide bonds. The number of hydrogen-bond donors (Lipinski definition) is 0. The number of hydrogen-bond acceptors (Lipinski definition) is 2. The molecule has 0 aromatic rings. The maximum Gasteiger partial charge on any atom is 0.331 e. The predicted molar refractivity (Wildman–Crippen MR) is 36.3 cm³/mol. The van der Waals surface area contributed by atoms with Crippen molar-refractivity contribution in [1.82, 2.24) is 0 Å². The lowest BCUT2D eigenvalue weighted by Gasteiger charge is -2.13. The number of fused-ring (bicyclic) bond motifs is 1. The highest BCUT2D eigenvalue weighted by atomic mass is 16.5. The Labute approximate surface area is 59.2 Å². The van der Waals surface area contributed by atoms with Crippen LogP contribution in [0.4, 0.5) is 0 Å². The highest BCUT2D eigenvalue weighted by Crippen LogP contribution is 2.24. The molecule has 1 heterocycles. The summed E-state index contributed by atoms with van der Waals surface area (Å²) in [5.41, 5.74) is 1.04. The summed E-state index contributed by atoms with van der Waals surface area (Å²) in [5.74, 6) is -0.188. The van der Waals surface area contributed by atoms with Gasteiger partial charge in [0.1, 0.15) is 6.10 Å². The summed E-state index contributed by atoms with van der Waals surface area (Å²) in [4.78, 5) is 10.7. The minimum absolute atomic E-state index is 0.0671. The molecule has 52 valence electrons. The Bertz CT molecular complexity index is 225. The van der Waals surface area contributed by atoms with Gasteiger partial charge in [0.15, 0.2) is 0 Å². The van der Waals surface area contributed by atoms with E-state index in [1.54, 1.807) is 6.08 Å².